The van der Waals surface area contributed by atoms with E-state index >= 15 is 0 Å². The fourth-order valence-corrected chi connectivity index (χ4v) is 6.54. The van der Waals surface area contributed by atoms with Gasteiger partial charge in [0.2, 0.25) is 0 Å². The standard InChI is InChI=1S/C25H34N5O9P/c1-15(24(33)37-17-10-11-35-12-17)29-40(34,39-16-6-4-3-5-7-16)36-13-25(2)22(32)20(31)21(38-25)18-8-9-19-23(26)27-14-28-30(18)19/h3-7,9,14-15,17-18,20-22,31-32H,8,10-13H2,1-2H3,(H,29,34)(H2,26,27,28)/t15-,17+,18?,20-,21-,22-,25+,40-/m0/s1. The fraction of sp³-hybridized carbons (Fsp3) is 0.560. The van der Waals surface area contributed by atoms with Crippen molar-refractivity contribution in [2.45, 2.75) is 68.8 Å². The van der Waals surface area contributed by atoms with Gasteiger partial charge in [-0.1, -0.05) is 24.3 Å². The van der Waals surface area contributed by atoms with Crippen molar-refractivity contribution in [3.63, 3.8) is 0 Å². The zero-order valence-corrected chi connectivity index (χ0v) is 23.1. The van der Waals surface area contributed by atoms with Crippen molar-refractivity contribution in [2.75, 3.05) is 19.8 Å². The lowest BCUT2D eigenvalue weighted by Gasteiger charge is -2.33. The molecule has 218 valence electrons. The van der Waals surface area contributed by atoms with Crippen LogP contribution in [0.25, 0.3) is 0 Å². The van der Waals surface area contributed by atoms with Crippen LogP contribution in [-0.4, -0.2) is 95.3 Å². The van der Waals surface area contributed by atoms with Crippen LogP contribution in [0, 0.1) is 0 Å². The number of aliphatic hydroxyl groups excluding tert-OH is 2. The molecule has 0 amide bonds. The van der Waals surface area contributed by atoms with Gasteiger partial charge in [0, 0.05) is 6.42 Å². The van der Waals surface area contributed by atoms with Gasteiger partial charge in [0.1, 0.15) is 48.1 Å². The van der Waals surface area contributed by atoms with Crippen LogP contribution in [0.4, 0.5) is 0 Å². The molecule has 5 rings (SSSR count). The van der Waals surface area contributed by atoms with Gasteiger partial charge in [-0.3, -0.25) is 14.3 Å². The molecule has 15 heteroatoms. The maximum absolute atomic E-state index is 13.9. The smallest absolute Gasteiger partial charge is 0.459 e. The number of esters is 1. The van der Waals surface area contributed by atoms with Gasteiger partial charge < -0.3 is 34.7 Å². The highest BCUT2D eigenvalue weighted by atomic mass is 31.2. The van der Waals surface area contributed by atoms with Crippen molar-refractivity contribution in [3.05, 3.63) is 42.1 Å². The minimum absolute atomic E-state index is 0.228. The van der Waals surface area contributed by atoms with Crippen molar-refractivity contribution in [1.29, 1.82) is 0 Å². The SMILES string of the molecule is C[C@H](N[P@](=O)(OC[C@@]1(C)O[C@@H](C2CC=C3C(N)=NC=NN32)[C@H](O)[C@@H]1O)Oc1ccccc1)C(=O)O[C@@H]1CCOC1. The number of fused-ring (bicyclic) bond motifs is 1. The van der Waals surface area contributed by atoms with E-state index in [1.165, 1.54) is 20.2 Å². The third-order valence-electron chi connectivity index (χ3n) is 7.19. The minimum Gasteiger partial charge on any atom is -0.459 e. The Balaban J connectivity index is 1.28. The number of hydrogen-bond acceptors (Lipinski definition) is 13. The van der Waals surface area contributed by atoms with Crippen molar-refractivity contribution < 1.29 is 42.8 Å². The highest BCUT2D eigenvalue weighted by Crippen LogP contribution is 2.47. The van der Waals surface area contributed by atoms with Crippen LogP contribution in [0.5, 0.6) is 5.75 Å². The fourth-order valence-electron chi connectivity index (χ4n) is 4.96. The summed E-state index contributed by atoms with van der Waals surface area (Å²) in [6.07, 6.45) is 0.163. The minimum atomic E-state index is -4.25. The van der Waals surface area contributed by atoms with Crippen LogP contribution in [0.3, 0.4) is 0 Å². The number of amidine groups is 1. The van der Waals surface area contributed by atoms with E-state index in [9.17, 15) is 19.6 Å². The number of rotatable bonds is 10. The molecule has 2 saturated heterocycles. The molecule has 4 heterocycles. The molecule has 0 spiro atoms. The van der Waals surface area contributed by atoms with Gasteiger partial charge in [-0.05, 0) is 32.4 Å². The van der Waals surface area contributed by atoms with E-state index in [2.05, 4.69) is 15.2 Å². The number of carbonyl (C=O) groups is 1. The van der Waals surface area contributed by atoms with Gasteiger partial charge in [0.25, 0.3) is 0 Å². The van der Waals surface area contributed by atoms with E-state index < -0.39 is 56.3 Å². The summed E-state index contributed by atoms with van der Waals surface area (Å²) in [7, 11) is -4.25. The molecule has 0 bridgehead atoms. The predicted molar refractivity (Wildman–Crippen MR) is 142 cm³/mol. The first kappa shape index (κ1) is 28.7. The van der Waals surface area contributed by atoms with Gasteiger partial charge >= 0.3 is 13.7 Å². The molecule has 0 aromatic heterocycles. The molecule has 1 unspecified atom stereocenters. The van der Waals surface area contributed by atoms with Gasteiger partial charge in [0.05, 0.1) is 31.6 Å². The summed E-state index contributed by atoms with van der Waals surface area (Å²) in [5, 5.41) is 30.4. The maximum atomic E-state index is 13.9. The number of hydrogen-bond donors (Lipinski definition) is 4. The summed E-state index contributed by atoms with van der Waals surface area (Å²) in [5.41, 5.74) is 5.05. The Bertz CT molecular complexity index is 1220. The number of benzene rings is 1. The first-order valence-electron chi connectivity index (χ1n) is 13.0. The Hall–Kier alpha value is -2.84. The molecule has 1 aromatic rings. The number of nitrogens with one attached hydrogen (secondary N) is 1. The molecule has 14 nitrogen and oxygen atoms in total. The lowest BCUT2D eigenvalue weighted by molar-refractivity contribution is -0.150. The molecule has 4 aliphatic rings. The van der Waals surface area contributed by atoms with Crippen LogP contribution in [0.1, 0.15) is 26.7 Å². The first-order chi connectivity index (χ1) is 19.1. The highest BCUT2D eigenvalue weighted by molar-refractivity contribution is 7.52. The summed E-state index contributed by atoms with van der Waals surface area (Å²) in [4.78, 5) is 16.6. The molecule has 8 atom stereocenters. The molecule has 0 radical (unpaired) electrons. The number of carbonyl (C=O) groups excluding carboxylic acids is 1. The summed E-state index contributed by atoms with van der Waals surface area (Å²) < 4.78 is 42.2. The second-order valence-electron chi connectivity index (χ2n) is 10.3. The quantitative estimate of drug-likeness (QED) is 0.224. The van der Waals surface area contributed by atoms with Crippen molar-refractivity contribution >= 4 is 25.9 Å². The Labute approximate surface area is 231 Å². The van der Waals surface area contributed by atoms with Crippen LogP contribution < -0.4 is 15.3 Å². The Kier molecular flexibility index (Phi) is 8.30. The number of ether oxygens (including phenoxy) is 3. The Morgan fingerprint density at radius 3 is 2.85 bits per heavy atom. The number of hydrazone groups is 1. The number of para-hydroxylation sites is 1. The number of nitrogens with two attached hydrogens (primary N) is 1. The molecule has 0 saturated carbocycles. The summed E-state index contributed by atoms with van der Waals surface area (Å²) in [6.45, 7) is 3.35. The average molecular weight is 580 g/mol. The zero-order valence-electron chi connectivity index (χ0n) is 22.2. The lowest BCUT2D eigenvalue weighted by Crippen LogP contribution is -2.46. The summed E-state index contributed by atoms with van der Waals surface area (Å²) in [5.74, 6) is -0.134. The van der Waals surface area contributed by atoms with E-state index in [0.717, 1.165) is 0 Å². The third kappa shape index (κ3) is 5.93. The van der Waals surface area contributed by atoms with Gasteiger partial charge in [-0.2, -0.15) is 10.2 Å². The lowest BCUT2D eigenvalue weighted by atomic mass is 9.95. The molecular formula is C25H34N5O9P. The Morgan fingerprint density at radius 1 is 1.35 bits per heavy atom. The average Bonchev–Trinajstić information content (AvgIpc) is 3.65. The van der Waals surface area contributed by atoms with Crippen molar-refractivity contribution in [1.82, 2.24) is 10.1 Å². The van der Waals surface area contributed by atoms with Gasteiger partial charge in [-0.15, -0.1) is 0 Å². The first-order valence-corrected chi connectivity index (χ1v) is 14.6. The molecule has 5 N–H and O–H groups in total. The number of aliphatic imine (C=N–C) groups is 1. The normalized spacial score (nSPS) is 33.6. The monoisotopic (exact) mass is 579 g/mol. The predicted octanol–water partition coefficient (Wildman–Crippen LogP) is 0.652. The van der Waals surface area contributed by atoms with Crippen molar-refractivity contribution in [3.8, 4) is 5.75 Å². The summed E-state index contributed by atoms with van der Waals surface area (Å²) >= 11 is 0. The molecule has 2 fully saturated rings. The molecule has 1 aromatic carbocycles. The maximum Gasteiger partial charge on any atom is 0.459 e. The van der Waals surface area contributed by atoms with Crippen LogP contribution in [0.15, 0.2) is 52.2 Å². The number of aliphatic hydroxyl groups is 2. The third-order valence-corrected chi connectivity index (χ3v) is 8.81. The van der Waals surface area contributed by atoms with Crippen LogP contribution in [-0.2, 0) is 28.1 Å². The zero-order chi connectivity index (χ0) is 28.5. The largest absolute Gasteiger partial charge is 0.459 e. The molecule has 40 heavy (non-hydrogen) atoms. The summed E-state index contributed by atoms with van der Waals surface area (Å²) in [6, 6.07) is 6.77. The van der Waals surface area contributed by atoms with E-state index in [1.54, 1.807) is 35.3 Å². The number of nitrogens with zero attached hydrogens (tertiary/aromatic N) is 3. The van der Waals surface area contributed by atoms with Crippen molar-refractivity contribution in [2.24, 2.45) is 15.8 Å². The van der Waals surface area contributed by atoms with Gasteiger partial charge in [0.15, 0.2) is 5.84 Å². The second kappa shape index (κ2) is 11.6. The highest BCUT2D eigenvalue weighted by Gasteiger charge is 2.56. The topological polar surface area (TPSA) is 187 Å². The molecule has 0 aliphatic carbocycles. The molecule has 4 aliphatic heterocycles. The second-order valence-corrected chi connectivity index (χ2v) is 12.0. The van der Waals surface area contributed by atoms with Crippen LogP contribution >= 0.6 is 7.75 Å². The Morgan fingerprint density at radius 2 is 2.12 bits per heavy atom. The molecular weight excluding hydrogens is 545 g/mol. The van der Waals surface area contributed by atoms with E-state index in [4.69, 9.17) is 29.0 Å². The van der Waals surface area contributed by atoms with E-state index in [0.29, 0.717) is 31.8 Å². The van der Waals surface area contributed by atoms with E-state index in [1.807, 2.05) is 6.08 Å². The van der Waals surface area contributed by atoms with Gasteiger partial charge in [-0.25, -0.2) is 9.56 Å². The van der Waals surface area contributed by atoms with E-state index in [-0.39, 0.29) is 17.7 Å². The van der Waals surface area contributed by atoms with Crippen LogP contribution in [0.2, 0.25) is 0 Å².